The predicted octanol–water partition coefficient (Wildman–Crippen LogP) is 0.694. The number of anilines is 1. The van der Waals surface area contributed by atoms with Gasteiger partial charge in [0.05, 0.1) is 11.0 Å². The van der Waals surface area contributed by atoms with Crippen LogP contribution in [0.5, 0.6) is 0 Å². The first-order valence-electron chi connectivity index (χ1n) is 7.18. The van der Waals surface area contributed by atoms with E-state index in [4.69, 9.17) is 5.73 Å². The number of imidazole rings is 1. The van der Waals surface area contributed by atoms with Gasteiger partial charge in [-0.15, -0.1) is 5.10 Å². The number of amides is 1. The number of nitrogen functional groups attached to an aromatic ring is 1. The number of hydrogen-bond acceptors (Lipinski definition) is 5. The number of H-pyrrole nitrogens is 2. The molecule has 8 nitrogen and oxygen atoms in total. The summed E-state index contributed by atoms with van der Waals surface area (Å²) in [7, 11) is 0. The molecule has 23 heavy (non-hydrogen) atoms. The van der Waals surface area contributed by atoms with Crippen LogP contribution in [-0.2, 0) is 17.6 Å². The minimum atomic E-state index is -0.321. The van der Waals surface area contributed by atoms with Gasteiger partial charge in [-0.2, -0.15) is 4.98 Å². The number of benzene rings is 1. The molecule has 1 aromatic carbocycles. The van der Waals surface area contributed by atoms with Crippen LogP contribution < -0.4 is 11.1 Å². The summed E-state index contributed by atoms with van der Waals surface area (Å²) in [5.74, 6) is 1.06. The number of halogens is 1. The highest BCUT2D eigenvalue weighted by Gasteiger charge is 2.07. The maximum atomic E-state index is 13.1. The first kappa shape index (κ1) is 14.9. The molecule has 0 bridgehead atoms. The number of aryl methyl sites for hydroxylation is 1. The lowest BCUT2D eigenvalue weighted by Crippen LogP contribution is -2.26. The predicted molar refractivity (Wildman–Crippen MR) is 81.9 cm³/mol. The number of hydrogen-bond donors (Lipinski definition) is 4. The lowest BCUT2D eigenvalue weighted by atomic mass is 10.3. The molecule has 0 saturated heterocycles. The van der Waals surface area contributed by atoms with Crippen molar-refractivity contribution in [1.29, 1.82) is 0 Å². The van der Waals surface area contributed by atoms with E-state index in [9.17, 15) is 9.18 Å². The van der Waals surface area contributed by atoms with Gasteiger partial charge >= 0.3 is 0 Å². The van der Waals surface area contributed by atoms with Gasteiger partial charge in [0.1, 0.15) is 17.5 Å². The highest BCUT2D eigenvalue weighted by molar-refractivity contribution is 5.77. The minimum absolute atomic E-state index is 0.0934. The fourth-order valence-electron chi connectivity index (χ4n) is 2.22. The van der Waals surface area contributed by atoms with Crippen molar-refractivity contribution in [2.24, 2.45) is 0 Å². The second-order valence-corrected chi connectivity index (χ2v) is 5.09. The largest absolute Gasteiger partial charge is 0.367 e. The van der Waals surface area contributed by atoms with Crippen molar-refractivity contribution in [1.82, 2.24) is 30.5 Å². The Balaban J connectivity index is 1.46. The molecule has 0 aliphatic carbocycles. The van der Waals surface area contributed by atoms with E-state index in [0.29, 0.717) is 48.5 Å². The second kappa shape index (κ2) is 6.42. The monoisotopic (exact) mass is 317 g/mol. The Labute approximate surface area is 130 Å². The van der Waals surface area contributed by atoms with Crippen LogP contribution in [0.15, 0.2) is 18.2 Å². The molecule has 5 N–H and O–H groups in total. The molecule has 0 aliphatic heterocycles. The van der Waals surface area contributed by atoms with Gasteiger partial charge in [0.2, 0.25) is 11.9 Å². The summed E-state index contributed by atoms with van der Waals surface area (Å²) in [6.45, 7) is 0.443. The van der Waals surface area contributed by atoms with Crippen molar-refractivity contribution in [3.63, 3.8) is 0 Å². The molecule has 0 aliphatic rings. The van der Waals surface area contributed by atoms with Crippen LogP contribution in [0.4, 0.5) is 10.3 Å². The van der Waals surface area contributed by atoms with Crippen molar-refractivity contribution in [3.8, 4) is 0 Å². The van der Waals surface area contributed by atoms with Crippen LogP contribution in [0, 0.1) is 5.82 Å². The van der Waals surface area contributed by atoms with Crippen molar-refractivity contribution in [3.05, 3.63) is 35.7 Å². The first-order chi connectivity index (χ1) is 11.1. The Hall–Kier alpha value is -2.97. The molecule has 9 heteroatoms. The SMILES string of the molecule is Nc1n[nH]c(CCNC(=O)CCc2nc3ccc(F)cc3[nH]2)n1. The highest BCUT2D eigenvalue weighted by atomic mass is 19.1. The van der Waals surface area contributed by atoms with Crippen LogP contribution >= 0.6 is 0 Å². The van der Waals surface area contributed by atoms with E-state index in [1.54, 1.807) is 6.07 Å². The van der Waals surface area contributed by atoms with E-state index in [-0.39, 0.29) is 17.7 Å². The van der Waals surface area contributed by atoms with Crippen LogP contribution in [0.3, 0.4) is 0 Å². The Kier molecular flexibility index (Phi) is 4.18. The van der Waals surface area contributed by atoms with Crippen molar-refractivity contribution in [2.75, 3.05) is 12.3 Å². The maximum Gasteiger partial charge on any atom is 0.239 e. The number of nitrogens with zero attached hydrogens (tertiary/aromatic N) is 3. The van der Waals surface area contributed by atoms with Gasteiger partial charge in [-0.3, -0.25) is 9.89 Å². The molecule has 0 unspecified atom stereocenters. The standard InChI is InChI=1S/C14H16FN7O/c15-8-1-2-9-10(7-8)19-11(18-9)3-4-13(23)17-6-5-12-20-14(16)22-21-12/h1-2,7H,3-6H2,(H,17,23)(H,18,19)(H3,16,20,21,22). The van der Waals surface area contributed by atoms with Gasteiger partial charge in [0.15, 0.2) is 0 Å². The van der Waals surface area contributed by atoms with E-state index < -0.39 is 0 Å². The summed E-state index contributed by atoms with van der Waals surface area (Å²) in [4.78, 5) is 23.1. The van der Waals surface area contributed by atoms with Crippen molar-refractivity contribution < 1.29 is 9.18 Å². The summed E-state index contributed by atoms with van der Waals surface area (Å²) >= 11 is 0. The lowest BCUT2D eigenvalue weighted by molar-refractivity contribution is -0.121. The molecule has 3 aromatic rings. The van der Waals surface area contributed by atoms with Crippen molar-refractivity contribution in [2.45, 2.75) is 19.3 Å². The summed E-state index contributed by atoms with van der Waals surface area (Å²) in [6, 6.07) is 4.35. The van der Waals surface area contributed by atoms with Crippen LogP contribution in [0.25, 0.3) is 11.0 Å². The zero-order chi connectivity index (χ0) is 16.2. The van der Waals surface area contributed by atoms with Gasteiger partial charge in [-0.1, -0.05) is 0 Å². The third-order valence-corrected chi connectivity index (χ3v) is 3.31. The number of carbonyl (C=O) groups is 1. The summed E-state index contributed by atoms with van der Waals surface area (Å²) in [5, 5.41) is 9.16. The molecule has 1 amide bonds. The zero-order valence-corrected chi connectivity index (χ0v) is 12.3. The highest BCUT2D eigenvalue weighted by Crippen LogP contribution is 2.13. The van der Waals surface area contributed by atoms with Crippen LogP contribution in [-0.4, -0.2) is 37.6 Å². The Morgan fingerprint density at radius 3 is 2.91 bits per heavy atom. The maximum absolute atomic E-state index is 13.1. The normalized spacial score (nSPS) is 11.0. The van der Waals surface area contributed by atoms with Gasteiger partial charge in [-0.05, 0) is 18.2 Å². The Morgan fingerprint density at radius 1 is 1.26 bits per heavy atom. The average molecular weight is 317 g/mol. The summed E-state index contributed by atoms with van der Waals surface area (Å²) in [5.41, 5.74) is 6.70. The fourth-order valence-corrected chi connectivity index (χ4v) is 2.22. The summed E-state index contributed by atoms with van der Waals surface area (Å²) < 4.78 is 13.1. The Bertz CT molecular complexity index is 826. The number of aromatic nitrogens is 5. The molecule has 0 fully saturated rings. The van der Waals surface area contributed by atoms with E-state index in [2.05, 4.69) is 30.5 Å². The lowest BCUT2D eigenvalue weighted by Gasteiger charge is -2.02. The zero-order valence-electron chi connectivity index (χ0n) is 12.3. The molecule has 2 aromatic heterocycles. The van der Waals surface area contributed by atoms with Gasteiger partial charge in [-0.25, -0.2) is 9.37 Å². The third kappa shape index (κ3) is 3.82. The quantitative estimate of drug-likeness (QED) is 0.532. The molecule has 3 rings (SSSR count). The number of fused-ring (bicyclic) bond motifs is 1. The van der Waals surface area contributed by atoms with Gasteiger partial charge in [0, 0.05) is 25.8 Å². The first-order valence-corrected chi connectivity index (χ1v) is 7.18. The van der Waals surface area contributed by atoms with Crippen LogP contribution in [0.2, 0.25) is 0 Å². The smallest absolute Gasteiger partial charge is 0.239 e. The van der Waals surface area contributed by atoms with Gasteiger partial charge < -0.3 is 16.0 Å². The van der Waals surface area contributed by atoms with E-state index in [0.717, 1.165) is 0 Å². The third-order valence-electron chi connectivity index (χ3n) is 3.31. The molecular formula is C14H16FN7O. The van der Waals surface area contributed by atoms with Gasteiger partial charge in [0.25, 0.3) is 0 Å². The molecular weight excluding hydrogens is 301 g/mol. The van der Waals surface area contributed by atoms with E-state index in [1.165, 1.54) is 12.1 Å². The molecule has 0 atom stereocenters. The molecule has 0 saturated carbocycles. The van der Waals surface area contributed by atoms with Crippen molar-refractivity contribution >= 4 is 22.9 Å². The molecule has 120 valence electrons. The minimum Gasteiger partial charge on any atom is -0.367 e. The average Bonchev–Trinajstić information content (AvgIpc) is 3.10. The van der Waals surface area contributed by atoms with E-state index in [1.807, 2.05) is 0 Å². The molecule has 0 spiro atoms. The van der Waals surface area contributed by atoms with E-state index >= 15 is 0 Å². The Morgan fingerprint density at radius 2 is 2.13 bits per heavy atom. The van der Waals surface area contributed by atoms with Crippen LogP contribution in [0.1, 0.15) is 18.1 Å². The number of nitrogens with one attached hydrogen (secondary N) is 3. The summed E-state index contributed by atoms with van der Waals surface area (Å²) in [6.07, 6.45) is 1.28. The fraction of sp³-hybridized carbons (Fsp3) is 0.286. The number of nitrogens with two attached hydrogens (primary N) is 1. The second-order valence-electron chi connectivity index (χ2n) is 5.09. The number of carbonyl (C=O) groups excluding carboxylic acids is 1. The molecule has 0 radical (unpaired) electrons. The topological polar surface area (TPSA) is 125 Å². The number of rotatable bonds is 6. The number of aromatic amines is 2. The molecule has 2 heterocycles.